The highest BCUT2D eigenvalue weighted by Gasteiger charge is 2.12. The van der Waals surface area contributed by atoms with Crippen molar-refractivity contribution in [1.82, 2.24) is 0 Å². The minimum Gasteiger partial charge on any atom is -0.353 e. The largest absolute Gasteiger partial charge is 0.353 e. The van der Waals surface area contributed by atoms with E-state index in [1.54, 1.807) is 0 Å². The molecule has 1 saturated heterocycles. The van der Waals surface area contributed by atoms with Gasteiger partial charge < -0.3 is 9.47 Å². The molecule has 2 heteroatoms. The predicted octanol–water partition coefficient (Wildman–Crippen LogP) is 2.50. The van der Waals surface area contributed by atoms with Crippen molar-refractivity contribution in [2.75, 3.05) is 13.2 Å². The van der Waals surface area contributed by atoms with Crippen LogP contribution >= 0.6 is 0 Å². The highest BCUT2D eigenvalue weighted by molar-refractivity contribution is 4.65. The number of unbranched alkanes of at least 4 members (excludes halogenated alkanes) is 1. The number of hydrogen-bond donors (Lipinski definition) is 0. The van der Waals surface area contributed by atoms with Crippen LogP contribution in [0.25, 0.3) is 0 Å². The lowest BCUT2D eigenvalue weighted by Gasteiger charge is -2.22. The maximum absolute atomic E-state index is 5.52. The third kappa shape index (κ3) is 3.88. The number of rotatable bonds is 5. The Hall–Kier alpha value is -0.340. The minimum atomic E-state index is 0.0727. The van der Waals surface area contributed by atoms with Gasteiger partial charge in [-0.25, -0.2) is 0 Å². The molecule has 1 fully saturated rings. The Labute approximate surface area is 74.6 Å². The van der Waals surface area contributed by atoms with E-state index < -0.39 is 0 Å². The summed E-state index contributed by atoms with van der Waals surface area (Å²) in [6, 6.07) is 0. The fourth-order valence-electron chi connectivity index (χ4n) is 1.29. The second-order valence-corrected chi connectivity index (χ2v) is 3.10. The van der Waals surface area contributed by atoms with Gasteiger partial charge in [-0.1, -0.05) is 6.08 Å². The second kappa shape index (κ2) is 6.21. The van der Waals surface area contributed by atoms with E-state index in [1.807, 2.05) is 6.08 Å². The van der Waals surface area contributed by atoms with Crippen molar-refractivity contribution in [2.45, 2.75) is 38.4 Å². The van der Waals surface area contributed by atoms with Gasteiger partial charge >= 0.3 is 0 Å². The van der Waals surface area contributed by atoms with Crippen molar-refractivity contribution in [3.63, 3.8) is 0 Å². The van der Waals surface area contributed by atoms with Crippen molar-refractivity contribution in [2.24, 2.45) is 0 Å². The molecule has 12 heavy (non-hydrogen) atoms. The second-order valence-electron chi connectivity index (χ2n) is 3.10. The highest BCUT2D eigenvalue weighted by Crippen LogP contribution is 2.13. The van der Waals surface area contributed by atoms with E-state index >= 15 is 0 Å². The molecular formula is C10H18O2. The first-order chi connectivity index (χ1) is 5.93. The predicted molar refractivity (Wildman–Crippen MR) is 49.0 cm³/mol. The quantitative estimate of drug-likeness (QED) is 0.466. The summed E-state index contributed by atoms with van der Waals surface area (Å²) >= 11 is 0. The summed E-state index contributed by atoms with van der Waals surface area (Å²) in [6.07, 6.45) is 7.58. The molecule has 1 atom stereocenters. The molecule has 1 aliphatic rings. The Bertz CT molecular complexity index is 117. The molecule has 0 radical (unpaired) electrons. The average Bonchev–Trinajstić information content (AvgIpc) is 2.14. The van der Waals surface area contributed by atoms with Gasteiger partial charge in [-0.05, 0) is 32.1 Å². The lowest BCUT2D eigenvalue weighted by molar-refractivity contribution is -0.162. The van der Waals surface area contributed by atoms with Crippen LogP contribution in [0.1, 0.15) is 32.1 Å². The first-order valence-corrected chi connectivity index (χ1v) is 4.77. The van der Waals surface area contributed by atoms with Gasteiger partial charge in [-0.3, -0.25) is 0 Å². The molecule has 0 saturated carbocycles. The standard InChI is InChI=1S/C10H18O2/c1-2-3-5-8-11-10-7-4-6-9-12-10/h2,10H,1,3-9H2/t10-/m0/s1. The zero-order valence-electron chi connectivity index (χ0n) is 7.63. The van der Waals surface area contributed by atoms with Crippen LogP contribution in [-0.2, 0) is 9.47 Å². The first kappa shape index (κ1) is 9.75. The highest BCUT2D eigenvalue weighted by atomic mass is 16.7. The minimum absolute atomic E-state index is 0.0727. The van der Waals surface area contributed by atoms with Crippen LogP contribution in [0.4, 0.5) is 0 Å². The molecule has 1 aliphatic heterocycles. The normalized spacial score (nSPS) is 23.8. The molecule has 0 unspecified atom stereocenters. The van der Waals surface area contributed by atoms with Crippen LogP contribution in [0.3, 0.4) is 0 Å². The van der Waals surface area contributed by atoms with Gasteiger partial charge in [0, 0.05) is 6.61 Å². The van der Waals surface area contributed by atoms with Crippen LogP contribution in [0.15, 0.2) is 12.7 Å². The Morgan fingerprint density at radius 3 is 3.08 bits per heavy atom. The zero-order valence-corrected chi connectivity index (χ0v) is 7.63. The number of allylic oxidation sites excluding steroid dienone is 1. The summed E-state index contributed by atoms with van der Waals surface area (Å²) < 4.78 is 10.9. The van der Waals surface area contributed by atoms with Crippen LogP contribution in [0.2, 0.25) is 0 Å². The van der Waals surface area contributed by atoms with E-state index in [9.17, 15) is 0 Å². The van der Waals surface area contributed by atoms with E-state index in [-0.39, 0.29) is 6.29 Å². The Morgan fingerprint density at radius 1 is 1.50 bits per heavy atom. The maximum Gasteiger partial charge on any atom is 0.157 e. The Morgan fingerprint density at radius 2 is 2.42 bits per heavy atom. The summed E-state index contributed by atoms with van der Waals surface area (Å²) in [7, 11) is 0. The molecule has 0 aliphatic carbocycles. The van der Waals surface area contributed by atoms with Crippen molar-refractivity contribution in [3.8, 4) is 0 Å². The van der Waals surface area contributed by atoms with Gasteiger partial charge in [-0.15, -0.1) is 6.58 Å². The molecule has 1 rings (SSSR count). The molecule has 0 bridgehead atoms. The molecule has 0 aromatic heterocycles. The summed E-state index contributed by atoms with van der Waals surface area (Å²) in [6.45, 7) is 5.33. The van der Waals surface area contributed by atoms with Gasteiger partial charge in [0.25, 0.3) is 0 Å². The van der Waals surface area contributed by atoms with Crippen LogP contribution in [0.5, 0.6) is 0 Å². The van der Waals surface area contributed by atoms with Gasteiger partial charge in [0.15, 0.2) is 6.29 Å². The van der Waals surface area contributed by atoms with Gasteiger partial charge in [0.1, 0.15) is 0 Å². The molecule has 0 amide bonds. The van der Waals surface area contributed by atoms with Crippen LogP contribution in [0, 0.1) is 0 Å². The van der Waals surface area contributed by atoms with Crippen molar-refractivity contribution < 1.29 is 9.47 Å². The number of ether oxygens (including phenoxy) is 2. The monoisotopic (exact) mass is 170 g/mol. The zero-order chi connectivity index (χ0) is 8.65. The van der Waals surface area contributed by atoms with E-state index in [1.165, 1.54) is 12.8 Å². The van der Waals surface area contributed by atoms with Crippen LogP contribution in [-0.4, -0.2) is 19.5 Å². The fourth-order valence-corrected chi connectivity index (χ4v) is 1.29. The van der Waals surface area contributed by atoms with Crippen molar-refractivity contribution >= 4 is 0 Å². The molecule has 70 valence electrons. The van der Waals surface area contributed by atoms with Crippen molar-refractivity contribution in [3.05, 3.63) is 12.7 Å². The van der Waals surface area contributed by atoms with E-state index in [2.05, 4.69) is 6.58 Å². The third-order valence-electron chi connectivity index (χ3n) is 1.99. The lowest BCUT2D eigenvalue weighted by atomic mass is 10.2. The smallest absolute Gasteiger partial charge is 0.157 e. The first-order valence-electron chi connectivity index (χ1n) is 4.77. The number of hydrogen-bond acceptors (Lipinski definition) is 2. The summed E-state index contributed by atoms with van der Waals surface area (Å²) in [5.74, 6) is 0. The van der Waals surface area contributed by atoms with E-state index in [0.29, 0.717) is 0 Å². The third-order valence-corrected chi connectivity index (χ3v) is 1.99. The SMILES string of the molecule is C=CCCCO[C@@H]1CCCCO1. The summed E-state index contributed by atoms with van der Waals surface area (Å²) in [4.78, 5) is 0. The maximum atomic E-state index is 5.52. The Balaban J connectivity index is 1.94. The van der Waals surface area contributed by atoms with Crippen LogP contribution < -0.4 is 0 Å². The molecule has 0 spiro atoms. The summed E-state index contributed by atoms with van der Waals surface area (Å²) in [5, 5.41) is 0. The molecule has 1 heterocycles. The van der Waals surface area contributed by atoms with E-state index in [4.69, 9.17) is 9.47 Å². The van der Waals surface area contributed by atoms with Gasteiger partial charge in [0.2, 0.25) is 0 Å². The van der Waals surface area contributed by atoms with E-state index in [0.717, 1.165) is 32.5 Å². The van der Waals surface area contributed by atoms with Crippen molar-refractivity contribution in [1.29, 1.82) is 0 Å². The van der Waals surface area contributed by atoms with Gasteiger partial charge in [0.05, 0.1) is 6.61 Å². The molecule has 0 N–H and O–H groups in total. The molecule has 0 aromatic carbocycles. The summed E-state index contributed by atoms with van der Waals surface area (Å²) in [5.41, 5.74) is 0. The topological polar surface area (TPSA) is 18.5 Å². The van der Waals surface area contributed by atoms with Gasteiger partial charge in [-0.2, -0.15) is 0 Å². The lowest BCUT2D eigenvalue weighted by Crippen LogP contribution is -2.22. The molecule has 2 nitrogen and oxygen atoms in total. The Kier molecular flexibility index (Phi) is 5.04. The molecule has 0 aromatic rings. The molecular weight excluding hydrogens is 152 g/mol. The average molecular weight is 170 g/mol. The fraction of sp³-hybridized carbons (Fsp3) is 0.800.